The smallest absolute Gasteiger partial charge is 0.411 e. The number of hydrogen-bond donors (Lipinski definition) is 2. The molecule has 0 saturated heterocycles. The van der Waals surface area contributed by atoms with Gasteiger partial charge in [-0.2, -0.15) is 4.68 Å². The molecule has 1 saturated carbocycles. The van der Waals surface area contributed by atoms with Gasteiger partial charge in [0.05, 0.1) is 30.1 Å². The summed E-state index contributed by atoms with van der Waals surface area (Å²) in [4.78, 5) is 25.0. The third-order valence-electron chi connectivity index (χ3n) is 7.10. The Kier molecular flexibility index (Phi) is 7.00. The van der Waals surface area contributed by atoms with Crippen LogP contribution < -0.4 is 5.32 Å². The van der Waals surface area contributed by atoms with Gasteiger partial charge in [-0.1, -0.05) is 42.6 Å². The summed E-state index contributed by atoms with van der Waals surface area (Å²) in [6, 6.07) is 17.3. The second kappa shape index (κ2) is 10.9. The van der Waals surface area contributed by atoms with Crippen molar-refractivity contribution in [3.05, 3.63) is 89.4 Å². The quantitative estimate of drug-likeness (QED) is 0.234. The Morgan fingerprint density at radius 1 is 1.15 bits per heavy atom. The standard InChI is InChI=1S/C29H27ClN8O2/c1-17-27(19-5-9-22(10-6-19)34-29(39)40-2)35-28(33-17)24(13-18-3-4-18)25-11-7-20(15-31-25)23-14-21(30)8-12-26(23)38-16-32-36-37-38/h5-12,14-16,18,24H,3-4,13H2,1-2H3,(H,33,35)(H,34,39). The predicted molar refractivity (Wildman–Crippen MR) is 151 cm³/mol. The molecule has 0 spiro atoms. The van der Waals surface area contributed by atoms with Gasteiger partial charge >= 0.3 is 6.09 Å². The Morgan fingerprint density at radius 2 is 1.95 bits per heavy atom. The summed E-state index contributed by atoms with van der Waals surface area (Å²) in [5.74, 6) is 1.60. The zero-order valence-electron chi connectivity index (χ0n) is 22.0. The van der Waals surface area contributed by atoms with E-state index >= 15 is 0 Å². The first kappa shape index (κ1) is 25.7. The van der Waals surface area contributed by atoms with E-state index in [1.165, 1.54) is 20.0 Å². The molecule has 1 aliphatic rings. The minimum atomic E-state index is -0.505. The molecular weight excluding hydrogens is 528 g/mol. The largest absolute Gasteiger partial charge is 0.453 e. The van der Waals surface area contributed by atoms with Crippen molar-refractivity contribution >= 4 is 23.4 Å². The fraction of sp³-hybridized carbons (Fsp3) is 0.241. The fourth-order valence-corrected chi connectivity index (χ4v) is 5.02. The van der Waals surface area contributed by atoms with Crippen molar-refractivity contribution in [3.8, 4) is 28.1 Å². The highest BCUT2D eigenvalue weighted by Gasteiger charge is 2.30. The van der Waals surface area contributed by atoms with Gasteiger partial charge in [-0.05, 0) is 66.1 Å². The Hall–Kier alpha value is -4.57. The number of carbonyl (C=O) groups excluding carboxylic acids is 1. The maximum absolute atomic E-state index is 11.5. The molecule has 1 aliphatic carbocycles. The molecule has 202 valence electrons. The number of aromatic amines is 1. The molecule has 11 heteroatoms. The van der Waals surface area contributed by atoms with Gasteiger partial charge in [-0.15, -0.1) is 5.10 Å². The van der Waals surface area contributed by atoms with Gasteiger partial charge in [0, 0.05) is 39.3 Å². The Bertz CT molecular complexity index is 1630. The van der Waals surface area contributed by atoms with Gasteiger partial charge in [0.15, 0.2) is 0 Å². The lowest BCUT2D eigenvalue weighted by Gasteiger charge is -2.15. The topological polar surface area (TPSA) is 124 Å². The third kappa shape index (κ3) is 5.43. The molecule has 3 heterocycles. The SMILES string of the molecule is COC(=O)Nc1ccc(-c2nc(C(CC3CC3)c3ccc(-c4cc(Cl)ccc4-n4cnnn4)cn3)[nH]c2C)cc1. The molecule has 2 aromatic carbocycles. The molecule has 1 fully saturated rings. The van der Waals surface area contributed by atoms with E-state index in [4.69, 9.17) is 21.6 Å². The zero-order chi connectivity index (χ0) is 27.6. The van der Waals surface area contributed by atoms with Crippen LogP contribution >= 0.6 is 11.6 Å². The number of aromatic nitrogens is 7. The number of aryl methyl sites for hydroxylation is 1. The van der Waals surface area contributed by atoms with Crippen LogP contribution in [0.2, 0.25) is 5.02 Å². The summed E-state index contributed by atoms with van der Waals surface area (Å²) in [6.07, 6.45) is 6.36. The maximum Gasteiger partial charge on any atom is 0.411 e. The lowest BCUT2D eigenvalue weighted by molar-refractivity contribution is 0.187. The number of halogens is 1. The number of rotatable bonds is 8. The molecule has 5 aromatic rings. The van der Waals surface area contributed by atoms with Crippen molar-refractivity contribution in [2.75, 3.05) is 12.4 Å². The van der Waals surface area contributed by atoms with Crippen LogP contribution in [-0.2, 0) is 4.74 Å². The molecule has 0 aliphatic heterocycles. The maximum atomic E-state index is 11.5. The Labute approximate surface area is 235 Å². The van der Waals surface area contributed by atoms with Gasteiger partial charge in [-0.25, -0.2) is 9.78 Å². The number of hydrogen-bond acceptors (Lipinski definition) is 7. The molecule has 6 rings (SSSR count). The van der Waals surface area contributed by atoms with Crippen LogP contribution in [0.1, 0.15) is 42.4 Å². The molecular formula is C29H27ClN8O2. The second-order valence-electron chi connectivity index (χ2n) is 9.91. The minimum absolute atomic E-state index is 0.0348. The summed E-state index contributed by atoms with van der Waals surface area (Å²) >= 11 is 6.34. The van der Waals surface area contributed by atoms with E-state index in [2.05, 4.69) is 42.7 Å². The number of anilines is 1. The number of H-pyrrole nitrogens is 1. The van der Waals surface area contributed by atoms with Crippen LogP contribution in [0.3, 0.4) is 0 Å². The van der Waals surface area contributed by atoms with Crippen molar-refractivity contribution in [2.24, 2.45) is 5.92 Å². The third-order valence-corrected chi connectivity index (χ3v) is 7.33. The van der Waals surface area contributed by atoms with Crippen LogP contribution in [-0.4, -0.2) is 48.4 Å². The average molecular weight is 555 g/mol. The number of benzene rings is 2. The highest BCUT2D eigenvalue weighted by atomic mass is 35.5. The molecule has 1 atom stereocenters. The Morgan fingerprint density at radius 3 is 2.62 bits per heavy atom. The van der Waals surface area contributed by atoms with Crippen molar-refractivity contribution in [1.29, 1.82) is 0 Å². The lowest BCUT2D eigenvalue weighted by atomic mass is 9.95. The summed E-state index contributed by atoms with van der Waals surface area (Å²) in [7, 11) is 1.34. The molecule has 2 N–H and O–H groups in total. The van der Waals surface area contributed by atoms with E-state index in [0.717, 1.165) is 51.7 Å². The van der Waals surface area contributed by atoms with E-state index in [9.17, 15) is 4.79 Å². The summed E-state index contributed by atoms with van der Waals surface area (Å²) in [5.41, 5.74) is 7.05. The van der Waals surface area contributed by atoms with Crippen molar-refractivity contribution in [2.45, 2.75) is 32.1 Å². The number of tetrazole rings is 1. The first-order valence-electron chi connectivity index (χ1n) is 13.0. The molecule has 1 unspecified atom stereocenters. The first-order chi connectivity index (χ1) is 19.5. The van der Waals surface area contributed by atoms with Gasteiger partial charge in [0.25, 0.3) is 0 Å². The van der Waals surface area contributed by atoms with Crippen LogP contribution in [0.25, 0.3) is 28.1 Å². The highest BCUT2D eigenvalue weighted by Crippen LogP contribution is 2.41. The lowest BCUT2D eigenvalue weighted by Crippen LogP contribution is -2.10. The zero-order valence-corrected chi connectivity index (χ0v) is 22.8. The number of pyridine rings is 1. The van der Waals surface area contributed by atoms with E-state index in [0.29, 0.717) is 16.6 Å². The predicted octanol–water partition coefficient (Wildman–Crippen LogP) is 6.19. The number of amides is 1. The van der Waals surface area contributed by atoms with Crippen LogP contribution in [0, 0.1) is 12.8 Å². The normalized spacial score (nSPS) is 13.7. The summed E-state index contributed by atoms with van der Waals surface area (Å²) in [6.45, 7) is 2.02. The number of ether oxygens (including phenoxy) is 1. The van der Waals surface area contributed by atoms with Crippen molar-refractivity contribution < 1.29 is 9.53 Å². The van der Waals surface area contributed by atoms with Crippen molar-refractivity contribution in [1.82, 2.24) is 35.2 Å². The van der Waals surface area contributed by atoms with Crippen LogP contribution in [0.5, 0.6) is 0 Å². The van der Waals surface area contributed by atoms with E-state index < -0.39 is 6.09 Å². The Balaban J connectivity index is 1.30. The molecule has 40 heavy (non-hydrogen) atoms. The average Bonchev–Trinajstić information content (AvgIpc) is 3.46. The molecule has 0 bridgehead atoms. The second-order valence-corrected chi connectivity index (χ2v) is 10.3. The van der Waals surface area contributed by atoms with Crippen LogP contribution in [0.15, 0.2) is 67.1 Å². The van der Waals surface area contributed by atoms with Gasteiger partial charge in [0.1, 0.15) is 12.2 Å². The molecule has 10 nitrogen and oxygen atoms in total. The van der Waals surface area contributed by atoms with Crippen molar-refractivity contribution in [3.63, 3.8) is 0 Å². The number of carbonyl (C=O) groups is 1. The molecule has 1 amide bonds. The highest BCUT2D eigenvalue weighted by molar-refractivity contribution is 6.31. The van der Waals surface area contributed by atoms with E-state index in [-0.39, 0.29) is 5.92 Å². The van der Waals surface area contributed by atoms with Crippen LogP contribution in [0.4, 0.5) is 10.5 Å². The monoisotopic (exact) mass is 554 g/mol. The number of methoxy groups -OCH3 is 1. The molecule has 3 aromatic heterocycles. The van der Waals surface area contributed by atoms with Gasteiger partial charge in [0.2, 0.25) is 0 Å². The molecule has 0 radical (unpaired) electrons. The van der Waals surface area contributed by atoms with E-state index in [1.54, 1.807) is 11.0 Å². The first-order valence-corrected chi connectivity index (χ1v) is 13.4. The van der Waals surface area contributed by atoms with Gasteiger partial charge < -0.3 is 9.72 Å². The summed E-state index contributed by atoms with van der Waals surface area (Å²) in [5, 5.41) is 14.9. The van der Waals surface area contributed by atoms with Gasteiger partial charge in [-0.3, -0.25) is 10.3 Å². The number of nitrogens with zero attached hydrogens (tertiary/aromatic N) is 6. The number of imidazole rings is 1. The minimum Gasteiger partial charge on any atom is -0.453 e. The number of nitrogens with one attached hydrogen (secondary N) is 2. The fourth-order valence-electron chi connectivity index (χ4n) is 4.85. The summed E-state index contributed by atoms with van der Waals surface area (Å²) < 4.78 is 6.28. The van der Waals surface area contributed by atoms with E-state index in [1.807, 2.05) is 55.6 Å².